The van der Waals surface area contributed by atoms with E-state index in [0.717, 1.165) is 0 Å². The van der Waals surface area contributed by atoms with Crippen LogP contribution in [-0.2, 0) is 9.59 Å². The first-order valence-electron chi connectivity index (χ1n) is 5.69. The lowest BCUT2D eigenvalue weighted by atomic mass is 10.1. The number of hydrogen-bond acceptors (Lipinski definition) is 2. The van der Waals surface area contributed by atoms with Crippen LogP contribution in [0.3, 0.4) is 0 Å². The highest BCUT2D eigenvalue weighted by Gasteiger charge is 2.09. The molecule has 0 saturated carbocycles. The Bertz CT molecular complexity index is 289. The number of nitrogens with zero attached hydrogens (tertiary/aromatic N) is 1. The number of hydrogen-bond donors (Lipinski definition) is 2. The van der Waals surface area contributed by atoms with Gasteiger partial charge in [0.1, 0.15) is 12.8 Å². The standard InChI is InChI=1S/C11H20N2O4/c1-9(11(16)17)5-4-8-13(12)7-3-2-6-10(14)15/h8-9,12H,2-7H2,1H3,(H,14,15)(H,16,17). The van der Waals surface area contributed by atoms with Gasteiger partial charge in [-0.05, 0) is 12.8 Å². The van der Waals surface area contributed by atoms with Crippen molar-refractivity contribution in [1.82, 2.24) is 0 Å². The third-order valence-electron chi connectivity index (χ3n) is 2.41. The molecule has 98 valence electrons. The molecule has 0 aromatic carbocycles. The Balaban J connectivity index is 3.64. The highest BCUT2D eigenvalue weighted by molar-refractivity contribution is 5.70. The fraction of sp³-hybridized carbons (Fsp3) is 0.727. The predicted octanol–water partition coefficient (Wildman–Crippen LogP) is 1.79. The van der Waals surface area contributed by atoms with E-state index < -0.39 is 17.9 Å². The number of rotatable bonds is 9. The molecule has 0 aliphatic carbocycles. The molecule has 1 atom stereocenters. The second-order valence-corrected chi connectivity index (χ2v) is 4.04. The number of carbonyl (C=O) groups is 2. The van der Waals surface area contributed by atoms with E-state index in [1.165, 1.54) is 4.68 Å². The van der Waals surface area contributed by atoms with E-state index in [1.807, 2.05) is 0 Å². The monoisotopic (exact) mass is 244 g/mol. The van der Waals surface area contributed by atoms with Crippen molar-refractivity contribution in [3.05, 3.63) is 5.84 Å². The third-order valence-corrected chi connectivity index (χ3v) is 2.41. The molecule has 0 amide bonds. The number of nitrogens with one attached hydrogen (secondary N) is 1. The summed E-state index contributed by atoms with van der Waals surface area (Å²) in [5.74, 6) is 5.45. The average Bonchev–Trinajstić information content (AvgIpc) is 2.23. The normalized spacial score (nSPS) is 13.4. The van der Waals surface area contributed by atoms with Crippen LogP contribution < -0.4 is 0 Å². The highest BCUT2D eigenvalue weighted by Crippen LogP contribution is 2.03. The molecule has 0 saturated heterocycles. The van der Waals surface area contributed by atoms with Gasteiger partial charge < -0.3 is 16.1 Å². The van der Waals surface area contributed by atoms with E-state index in [2.05, 4.69) is 0 Å². The molecule has 0 fully saturated rings. The third kappa shape index (κ3) is 9.35. The summed E-state index contributed by atoms with van der Waals surface area (Å²) in [6.45, 7) is 2.12. The molecule has 3 N–H and O–H groups in total. The first kappa shape index (κ1) is 15.4. The van der Waals surface area contributed by atoms with Gasteiger partial charge in [-0.15, -0.1) is 0 Å². The maximum Gasteiger partial charge on any atom is 0.306 e. The minimum Gasteiger partial charge on any atom is -0.481 e. The molecular formula is C11H20N2O4. The minimum absolute atomic E-state index is 0.129. The van der Waals surface area contributed by atoms with Gasteiger partial charge in [0.2, 0.25) is 0 Å². The van der Waals surface area contributed by atoms with Gasteiger partial charge in [-0.1, -0.05) is 6.92 Å². The molecule has 17 heavy (non-hydrogen) atoms. The SMILES string of the molecule is CC(CCC=[N+]([NH-])CCCCC(=O)O)C(=O)O. The summed E-state index contributed by atoms with van der Waals surface area (Å²) in [7, 11) is 0. The largest absolute Gasteiger partial charge is 0.481 e. The molecule has 0 aromatic rings. The zero-order valence-electron chi connectivity index (χ0n) is 10.1. The lowest BCUT2D eigenvalue weighted by Crippen LogP contribution is -2.11. The van der Waals surface area contributed by atoms with Crippen LogP contribution in [0.1, 0.15) is 39.0 Å². The van der Waals surface area contributed by atoms with Gasteiger partial charge in [-0.25, -0.2) is 0 Å². The van der Waals surface area contributed by atoms with Gasteiger partial charge >= 0.3 is 11.9 Å². The molecule has 0 rings (SSSR count). The second kappa shape index (κ2) is 8.55. The molecule has 1 unspecified atom stereocenters. The number of carboxylic acids is 2. The maximum absolute atomic E-state index is 10.5. The van der Waals surface area contributed by atoms with Gasteiger partial charge in [-0.2, -0.15) is 0 Å². The summed E-state index contributed by atoms with van der Waals surface area (Å²) < 4.78 is 1.25. The van der Waals surface area contributed by atoms with Crippen molar-refractivity contribution in [2.45, 2.75) is 39.0 Å². The van der Waals surface area contributed by atoms with Crippen LogP contribution in [0.4, 0.5) is 0 Å². The summed E-state index contributed by atoms with van der Waals surface area (Å²) >= 11 is 0. The topological polar surface area (TPSA) is 101 Å². The average molecular weight is 244 g/mol. The summed E-state index contributed by atoms with van der Waals surface area (Å²) in [6, 6.07) is 0. The Morgan fingerprint density at radius 1 is 1.35 bits per heavy atom. The van der Waals surface area contributed by atoms with Crippen LogP contribution in [0.5, 0.6) is 0 Å². The van der Waals surface area contributed by atoms with Crippen molar-refractivity contribution in [1.29, 1.82) is 0 Å². The summed E-state index contributed by atoms with van der Waals surface area (Å²) in [5, 5.41) is 17.1. The second-order valence-electron chi connectivity index (χ2n) is 4.04. The summed E-state index contributed by atoms with van der Waals surface area (Å²) in [4.78, 5) is 20.8. The fourth-order valence-electron chi connectivity index (χ4n) is 1.25. The molecule has 0 aliphatic heterocycles. The Morgan fingerprint density at radius 2 is 2.00 bits per heavy atom. The van der Waals surface area contributed by atoms with Gasteiger partial charge in [0.25, 0.3) is 0 Å². The van der Waals surface area contributed by atoms with Gasteiger partial charge in [0.15, 0.2) is 0 Å². The molecular weight excluding hydrogens is 224 g/mol. The van der Waals surface area contributed by atoms with Crippen LogP contribution in [-0.4, -0.2) is 39.6 Å². The van der Waals surface area contributed by atoms with Crippen molar-refractivity contribution < 1.29 is 24.5 Å². The Kier molecular flexibility index (Phi) is 7.75. The number of unbranched alkanes of at least 4 members (excludes halogenated alkanes) is 1. The highest BCUT2D eigenvalue weighted by atomic mass is 16.4. The van der Waals surface area contributed by atoms with Crippen molar-refractivity contribution in [2.24, 2.45) is 5.92 Å². The van der Waals surface area contributed by atoms with Gasteiger partial charge in [-0.3, -0.25) is 14.3 Å². The van der Waals surface area contributed by atoms with E-state index in [0.29, 0.717) is 32.2 Å². The van der Waals surface area contributed by atoms with Crippen molar-refractivity contribution in [3.63, 3.8) is 0 Å². The molecule has 0 aromatic heterocycles. The van der Waals surface area contributed by atoms with Crippen LogP contribution in [0.15, 0.2) is 0 Å². The Morgan fingerprint density at radius 3 is 2.53 bits per heavy atom. The summed E-state index contributed by atoms with van der Waals surface area (Å²) in [6.07, 6.45) is 4.05. The quantitative estimate of drug-likeness (QED) is 0.279. The molecule has 6 nitrogen and oxygen atoms in total. The van der Waals surface area contributed by atoms with E-state index in [4.69, 9.17) is 16.1 Å². The number of carboxylic acid groups (broad SMARTS) is 2. The molecule has 0 aliphatic rings. The predicted molar refractivity (Wildman–Crippen MR) is 63.0 cm³/mol. The van der Waals surface area contributed by atoms with Crippen molar-refractivity contribution in [2.75, 3.05) is 6.54 Å². The van der Waals surface area contributed by atoms with Crippen molar-refractivity contribution in [3.8, 4) is 0 Å². The minimum atomic E-state index is -0.823. The maximum atomic E-state index is 10.5. The van der Waals surface area contributed by atoms with Crippen molar-refractivity contribution >= 4 is 18.2 Å². The molecule has 0 radical (unpaired) electrons. The van der Waals surface area contributed by atoms with Gasteiger partial charge in [0.05, 0.1) is 5.92 Å². The zero-order chi connectivity index (χ0) is 13.3. The van der Waals surface area contributed by atoms with Crippen LogP contribution in [0.25, 0.3) is 5.84 Å². The molecule has 0 spiro atoms. The number of aliphatic carboxylic acids is 2. The Hall–Kier alpha value is -1.59. The first-order valence-corrected chi connectivity index (χ1v) is 5.69. The van der Waals surface area contributed by atoms with E-state index in [1.54, 1.807) is 13.1 Å². The van der Waals surface area contributed by atoms with Gasteiger partial charge in [0, 0.05) is 19.3 Å². The smallest absolute Gasteiger partial charge is 0.306 e. The van der Waals surface area contributed by atoms with Crippen LogP contribution in [0.2, 0.25) is 0 Å². The lowest BCUT2D eigenvalue weighted by Gasteiger charge is -2.05. The van der Waals surface area contributed by atoms with E-state index in [-0.39, 0.29) is 6.42 Å². The zero-order valence-corrected chi connectivity index (χ0v) is 10.1. The lowest BCUT2D eigenvalue weighted by molar-refractivity contribution is -0.455. The molecule has 0 bridgehead atoms. The molecule has 6 heteroatoms. The summed E-state index contributed by atoms with van der Waals surface area (Å²) in [5.41, 5.74) is 0. The fourth-order valence-corrected chi connectivity index (χ4v) is 1.25. The Labute approximate surface area is 101 Å². The van der Waals surface area contributed by atoms with Crippen LogP contribution in [0, 0.1) is 5.92 Å². The van der Waals surface area contributed by atoms with E-state index >= 15 is 0 Å². The van der Waals surface area contributed by atoms with E-state index in [9.17, 15) is 9.59 Å². The van der Waals surface area contributed by atoms with Crippen LogP contribution >= 0.6 is 0 Å². The molecule has 0 heterocycles. The first-order chi connectivity index (χ1) is 7.93.